The van der Waals surface area contributed by atoms with Gasteiger partial charge in [0.25, 0.3) is 0 Å². The average molecular weight is 372 g/mol. The van der Waals surface area contributed by atoms with Crippen molar-refractivity contribution in [2.45, 2.75) is 0 Å². The van der Waals surface area contributed by atoms with E-state index in [0.29, 0.717) is 28.3 Å². The molecule has 0 bridgehead atoms. The maximum absolute atomic E-state index is 11.5. The van der Waals surface area contributed by atoms with Crippen molar-refractivity contribution in [1.29, 1.82) is 0 Å². The fourth-order valence-electron chi connectivity index (χ4n) is 1.11. The summed E-state index contributed by atoms with van der Waals surface area (Å²) in [6, 6.07) is 3.43. The predicted octanol–water partition coefficient (Wildman–Crippen LogP) is 3.62. The number of ether oxygens (including phenoxy) is 2. The zero-order valence-electron chi connectivity index (χ0n) is 8.43. The van der Waals surface area contributed by atoms with Crippen molar-refractivity contribution in [2.75, 3.05) is 19.6 Å². The lowest BCUT2D eigenvalue weighted by atomic mass is 10.2. The van der Waals surface area contributed by atoms with Crippen LogP contribution in [0.4, 0.5) is 0 Å². The number of hydrogen-bond donors (Lipinski definition) is 0. The zero-order chi connectivity index (χ0) is 12.1. The Kier molecular flexibility index (Phi) is 5.58. The fourth-order valence-corrected chi connectivity index (χ4v) is 2.53. The van der Waals surface area contributed by atoms with Gasteiger partial charge >= 0.3 is 5.97 Å². The summed E-state index contributed by atoms with van der Waals surface area (Å²) in [6.07, 6.45) is 0. The van der Waals surface area contributed by atoms with Crippen LogP contribution in [0.2, 0.25) is 0 Å². The van der Waals surface area contributed by atoms with Crippen LogP contribution in [-0.4, -0.2) is 25.6 Å². The van der Waals surface area contributed by atoms with Crippen LogP contribution in [0, 0.1) is 0 Å². The van der Waals surface area contributed by atoms with Crippen molar-refractivity contribution < 1.29 is 14.3 Å². The lowest BCUT2D eigenvalue weighted by Crippen LogP contribution is -2.08. The molecule has 6 heteroatoms. The number of hydrogen-bond acceptors (Lipinski definition) is 3. The molecule has 0 amide bonds. The average Bonchev–Trinajstić information content (AvgIpc) is 2.26. The maximum Gasteiger partial charge on any atom is 0.341 e. The van der Waals surface area contributed by atoms with Crippen LogP contribution in [-0.2, 0) is 4.74 Å². The number of carbonyl (C=O) groups excluding carboxylic acids is 1. The summed E-state index contributed by atoms with van der Waals surface area (Å²) in [5.41, 5.74) is 0.355. The van der Waals surface area contributed by atoms with Crippen LogP contribution < -0.4 is 4.74 Å². The molecule has 0 aromatic heterocycles. The summed E-state index contributed by atoms with van der Waals surface area (Å²) in [7, 11) is 1.32. The van der Waals surface area contributed by atoms with E-state index in [2.05, 4.69) is 36.6 Å². The van der Waals surface area contributed by atoms with Gasteiger partial charge in [-0.2, -0.15) is 0 Å². The van der Waals surface area contributed by atoms with Crippen LogP contribution in [0.3, 0.4) is 0 Å². The third kappa shape index (κ3) is 3.37. The molecule has 0 radical (unpaired) electrons. The Morgan fingerprint density at radius 2 is 2.12 bits per heavy atom. The highest BCUT2D eigenvalue weighted by Gasteiger charge is 2.17. The first kappa shape index (κ1) is 13.8. The molecular weight excluding hydrogens is 363 g/mol. The van der Waals surface area contributed by atoms with Gasteiger partial charge in [-0.15, -0.1) is 11.6 Å². The molecule has 0 aliphatic rings. The Morgan fingerprint density at radius 1 is 1.44 bits per heavy atom. The molecule has 0 spiro atoms. The summed E-state index contributed by atoms with van der Waals surface area (Å²) in [4.78, 5) is 11.5. The number of alkyl halides is 1. The van der Waals surface area contributed by atoms with Gasteiger partial charge < -0.3 is 9.47 Å². The van der Waals surface area contributed by atoms with Gasteiger partial charge in [-0.3, -0.25) is 0 Å². The minimum absolute atomic E-state index is 0.325. The summed E-state index contributed by atoms with van der Waals surface area (Å²) >= 11 is 12.1. The predicted molar refractivity (Wildman–Crippen MR) is 69.4 cm³/mol. The van der Waals surface area contributed by atoms with Gasteiger partial charge in [0.2, 0.25) is 0 Å². The van der Waals surface area contributed by atoms with Crippen LogP contribution in [0.1, 0.15) is 10.4 Å². The highest BCUT2D eigenvalue weighted by molar-refractivity contribution is 9.11. The molecule has 0 fully saturated rings. The minimum Gasteiger partial charge on any atom is -0.490 e. The molecule has 3 nitrogen and oxygen atoms in total. The molecule has 16 heavy (non-hydrogen) atoms. The second-order valence-electron chi connectivity index (χ2n) is 2.79. The fraction of sp³-hybridized carbons (Fsp3) is 0.300. The van der Waals surface area contributed by atoms with Gasteiger partial charge in [0.05, 0.1) is 17.5 Å². The second-order valence-corrected chi connectivity index (χ2v) is 4.94. The van der Waals surface area contributed by atoms with Crippen molar-refractivity contribution in [3.05, 3.63) is 26.6 Å². The van der Waals surface area contributed by atoms with Crippen LogP contribution in [0.5, 0.6) is 5.75 Å². The molecule has 88 valence electrons. The monoisotopic (exact) mass is 370 g/mol. The molecule has 1 rings (SSSR count). The summed E-state index contributed by atoms with van der Waals surface area (Å²) in [5.74, 6) is 0.339. The molecule has 1 aromatic rings. The van der Waals surface area contributed by atoms with Crippen molar-refractivity contribution in [3.8, 4) is 5.75 Å². The smallest absolute Gasteiger partial charge is 0.341 e. The number of benzene rings is 1. The van der Waals surface area contributed by atoms with Gasteiger partial charge in [-0.05, 0) is 28.1 Å². The lowest BCUT2D eigenvalue weighted by Gasteiger charge is -2.11. The zero-order valence-corrected chi connectivity index (χ0v) is 12.4. The van der Waals surface area contributed by atoms with Crippen LogP contribution in [0.25, 0.3) is 0 Å². The Hall–Kier alpha value is -0.260. The van der Waals surface area contributed by atoms with Crippen molar-refractivity contribution in [3.63, 3.8) is 0 Å². The number of methoxy groups -OCH3 is 1. The van der Waals surface area contributed by atoms with Crippen molar-refractivity contribution in [2.24, 2.45) is 0 Å². The SMILES string of the molecule is COC(=O)c1cc(Br)cc(Br)c1OCCCl. The summed E-state index contributed by atoms with van der Waals surface area (Å²) in [5, 5.41) is 0. The topological polar surface area (TPSA) is 35.5 Å². The molecule has 0 unspecified atom stereocenters. The lowest BCUT2D eigenvalue weighted by molar-refractivity contribution is 0.0596. The van der Waals surface area contributed by atoms with Gasteiger partial charge in [-0.25, -0.2) is 4.79 Å². The molecular formula is C10H9Br2ClO3. The molecule has 0 atom stereocenters. The maximum atomic E-state index is 11.5. The van der Waals surface area contributed by atoms with E-state index < -0.39 is 5.97 Å². The van der Waals surface area contributed by atoms with Crippen LogP contribution in [0.15, 0.2) is 21.1 Å². The normalized spacial score (nSPS) is 10.0. The Labute approximate surface area is 115 Å². The molecule has 1 aromatic carbocycles. The van der Waals surface area contributed by atoms with E-state index >= 15 is 0 Å². The number of rotatable bonds is 4. The standard InChI is InChI=1S/C10H9Br2ClO3/c1-15-10(14)7-4-6(11)5-8(12)9(7)16-3-2-13/h4-5H,2-3H2,1H3. The van der Waals surface area contributed by atoms with E-state index in [1.54, 1.807) is 12.1 Å². The first-order chi connectivity index (χ1) is 7.60. The number of carbonyl (C=O) groups is 1. The number of esters is 1. The minimum atomic E-state index is -0.452. The Morgan fingerprint density at radius 3 is 2.69 bits per heavy atom. The van der Waals surface area contributed by atoms with Gasteiger partial charge in [-0.1, -0.05) is 15.9 Å². The van der Waals surface area contributed by atoms with Gasteiger partial charge in [0.1, 0.15) is 17.9 Å². The first-order valence-corrected chi connectivity index (χ1v) is 6.48. The van der Waals surface area contributed by atoms with E-state index in [9.17, 15) is 4.79 Å². The largest absolute Gasteiger partial charge is 0.490 e. The van der Waals surface area contributed by atoms with E-state index in [0.717, 1.165) is 4.47 Å². The van der Waals surface area contributed by atoms with E-state index in [-0.39, 0.29) is 0 Å². The van der Waals surface area contributed by atoms with Crippen LogP contribution >= 0.6 is 43.5 Å². The molecule has 0 saturated heterocycles. The molecule has 0 heterocycles. The summed E-state index contributed by atoms with van der Waals surface area (Å²) in [6.45, 7) is 0.325. The van der Waals surface area contributed by atoms with E-state index in [1.165, 1.54) is 7.11 Å². The molecule has 0 aliphatic carbocycles. The van der Waals surface area contributed by atoms with Crippen molar-refractivity contribution in [1.82, 2.24) is 0 Å². The quantitative estimate of drug-likeness (QED) is 0.598. The number of halogens is 3. The first-order valence-electron chi connectivity index (χ1n) is 4.36. The second kappa shape index (κ2) is 6.47. The highest BCUT2D eigenvalue weighted by Crippen LogP contribution is 2.33. The Balaban J connectivity index is 3.15. The Bertz CT molecular complexity index is 396. The molecule has 0 aliphatic heterocycles. The van der Waals surface area contributed by atoms with Gasteiger partial charge in [0, 0.05) is 4.47 Å². The molecule has 0 N–H and O–H groups in total. The van der Waals surface area contributed by atoms with Gasteiger partial charge in [0.15, 0.2) is 0 Å². The highest BCUT2D eigenvalue weighted by atomic mass is 79.9. The van der Waals surface area contributed by atoms with Crippen molar-refractivity contribution >= 4 is 49.4 Å². The third-order valence-electron chi connectivity index (χ3n) is 1.74. The summed E-state index contributed by atoms with van der Waals surface area (Å²) < 4.78 is 11.5. The van der Waals surface area contributed by atoms with E-state index in [1.807, 2.05) is 0 Å². The molecule has 0 saturated carbocycles. The van der Waals surface area contributed by atoms with E-state index in [4.69, 9.17) is 16.3 Å². The third-order valence-corrected chi connectivity index (χ3v) is 2.94.